The number of hydrogen-bond acceptors (Lipinski definition) is 2. The highest BCUT2D eigenvalue weighted by molar-refractivity contribution is 5.76. The zero-order valence-corrected chi connectivity index (χ0v) is 14.4. The molecule has 2 aromatic carbocycles. The van der Waals surface area contributed by atoms with Crippen molar-refractivity contribution in [3.8, 4) is 0 Å². The molecule has 1 saturated heterocycles. The van der Waals surface area contributed by atoms with Crippen LogP contribution in [0.15, 0.2) is 54.6 Å². The highest BCUT2D eigenvalue weighted by Gasteiger charge is 2.23. The molecule has 0 aromatic heterocycles. The molecule has 0 unspecified atom stereocenters. The first-order valence-corrected chi connectivity index (χ1v) is 8.86. The summed E-state index contributed by atoms with van der Waals surface area (Å²) in [5.41, 5.74) is 1.89. The van der Waals surface area contributed by atoms with Crippen LogP contribution in [-0.4, -0.2) is 45.2 Å². The van der Waals surface area contributed by atoms with Crippen molar-refractivity contribution in [3.63, 3.8) is 0 Å². The maximum absolute atomic E-state index is 13.8. The van der Waals surface area contributed by atoms with E-state index >= 15 is 0 Å². The van der Waals surface area contributed by atoms with E-state index in [0.717, 1.165) is 32.6 Å². The summed E-state index contributed by atoms with van der Waals surface area (Å²) in [6.07, 6.45) is 0.850. The zero-order valence-electron chi connectivity index (χ0n) is 14.4. The molecule has 2 N–H and O–H groups in total. The van der Waals surface area contributed by atoms with E-state index in [0.29, 0.717) is 18.8 Å². The zero-order chi connectivity index (χ0) is 17.5. The first-order valence-electron chi connectivity index (χ1n) is 8.86. The minimum atomic E-state index is -0.176. The molecule has 0 saturated carbocycles. The Labute approximate surface area is 148 Å². The summed E-state index contributed by atoms with van der Waals surface area (Å²) in [5.74, 6) is -0.0881. The maximum Gasteiger partial charge on any atom is 0.275 e. The average molecular weight is 342 g/mol. The summed E-state index contributed by atoms with van der Waals surface area (Å²) in [4.78, 5) is 15.4. The van der Waals surface area contributed by atoms with Crippen molar-refractivity contribution in [2.45, 2.75) is 6.42 Å². The van der Waals surface area contributed by atoms with Gasteiger partial charge < -0.3 is 15.1 Å². The molecule has 0 bridgehead atoms. The molecule has 1 aliphatic heterocycles. The smallest absolute Gasteiger partial charge is 0.275 e. The second-order valence-electron chi connectivity index (χ2n) is 6.45. The van der Waals surface area contributed by atoms with Gasteiger partial charge in [-0.15, -0.1) is 0 Å². The van der Waals surface area contributed by atoms with Gasteiger partial charge in [0, 0.05) is 6.54 Å². The largest absolute Gasteiger partial charge is 0.358 e. The molecule has 1 fully saturated rings. The Balaban J connectivity index is 1.38. The lowest BCUT2D eigenvalue weighted by Crippen LogP contribution is -3.16. The van der Waals surface area contributed by atoms with E-state index in [9.17, 15) is 9.18 Å². The lowest BCUT2D eigenvalue weighted by atomic mass is 10.1. The van der Waals surface area contributed by atoms with Crippen molar-refractivity contribution in [2.24, 2.45) is 0 Å². The molecule has 132 valence electrons. The van der Waals surface area contributed by atoms with Gasteiger partial charge in [-0.2, -0.15) is 0 Å². The van der Waals surface area contributed by atoms with Crippen molar-refractivity contribution < 1.29 is 14.1 Å². The molecule has 4 nitrogen and oxygen atoms in total. The van der Waals surface area contributed by atoms with Crippen molar-refractivity contribution in [2.75, 3.05) is 44.2 Å². The molecule has 0 radical (unpaired) electrons. The fraction of sp³-hybridized carbons (Fsp3) is 0.350. The summed E-state index contributed by atoms with van der Waals surface area (Å²) >= 11 is 0. The minimum Gasteiger partial charge on any atom is -0.358 e. The Kier molecular flexibility index (Phi) is 6.01. The van der Waals surface area contributed by atoms with Crippen molar-refractivity contribution >= 4 is 11.6 Å². The fourth-order valence-electron chi connectivity index (χ4n) is 3.23. The van der Waals surface area contributed by atoms with Crippen LogP contribution < -0.4 is 15.1 Å². The van der Waals surface area contributed by atoms with Crippen LogP contribution in [0.3, 0.4) is 0 Å². The van der Waals surface area contributed by atoms with E-state index in [1.165, 1.54) is 16.5 Å². The van der Waals surface area contributed by atoms with Gasteiger partial charge >= 0.3 is 0 Å². The van der Waals surface area contributed by atoms with E-state index in [4.69, 9.17) is 0 Å². The van der Waals surface area contributed by atoms with Crippen molar-refractivity contribution in [1.82, 2.24) is 5.32 Å². The first kappa shape index (κ1) is 17.4. The summed E-state index contributed by atoms with van der Waals surface area (Å²) < 4.78 is 13.8. The number of nitrogens with zero attached hydrogens (tertiary/aromatic N) is 1. The monoisotopic (exact) mass is 342 g/mol. The van der Waals surface area contributed by atoms with E-state index in [2.05, 4.69) is 22.3 Å². The number of quaternary nitrogens is 1. The van der Waals surface area contributed by atoms with Crippen LogP contribution in [0.5, 0.6) is 0 Å². The fourth-order valence-corrected chi connectivity index (χ4v) is 3.23. The number of amides is 1. The molecule has 25 heavy (non-hydrogen) atoms. The number of halogens is 1. The minimum absolute atomic E-state index is 0.0882. The Hall–Kier alpha value is -2.40. The second-order valence-corrected chi connectivity index (χ2v) is 6.45. The molecule has 1 heterocycles. The van der Waals surface area contributed by atoms with E-state index in [-0.39, 0.29) is 11.7 Å². The summed E-state index contributed by atoms with van der Waals surface area (Å²) in [5, 5.41) is 3.00. The van der Waals surface area contributed by atoms with Crippen LogP contribution in [-0.2, 0) is 11.2 Å². The van der Waals surface area contributed by atoms with Crippen LogP contribution in [0.1, 0.15) is 5.56 Å². The summed E-state index contributed by atoms with van der Waals surface area (Å²) in [6.45, 7) is 4.39. The number of para-hydroxylation sites is 1. The summed E-state index contributed by atoms with van der Waals surface area (Å²) in [6, 6.07) is 17.0. The number of carbonyl (C=O) groups is 1. The lowest BCUT2D eigenvalue weighted by molar-refractivity contribution is -0.892. The predicted molar refractivity (Wildman–Crippen MR) is 97.3 cm³/mol. The number of benzene rings is 2. The van der Waals surface area contributed by atoms with Crippen LogP contribution >= 0.6 is 0 Å². The number of piperazine rings is 1. The van der Waals surface area contributed by atoms with Gasteiger partial charge in [-0.25, -0.2) is 4.39 Å². The number of anilines is 1. The molecule has 3 rings (SSSR count). The molecule has 0 atom stereocenters. The third-order valence-electron chi connectivity index (χ3n) is 4.65. The van der Waals surface area contributed by atoms with Gasteiger partial charge in [-0.3, -0.25) is 4.79 Å². The predicted octanol–water partition coefficient (Wildman–Crippen LogP) is 0.890. The third kappa shape index (κ3) is 5.03. The molecular formula is C20H25FN3O+. The Morgan fingerprint density at radius 2 is 1.72 bits per heavy atom. The van der Waals surface area contributed by atoms with Crippen molar-refractivity contribution in [1.29, 1.82) is 0 Å². The standard InChI is InChI=1S/C20H24FN3O/c21-18-8-4-5-9-19(18)24-14-12-23(13-15-24)16-20(25)22-11-10-17-6-2-1-3-7-17/h1-9H,10-16H2,(H,22,25)/p+1. The number of carbonyl (C=O) groups excluding carboxylic acids is 1. The van der Waals surface area contributed by atoms with Crippen LogP contribution in [0.2, 0.25) is 0 Å². The SMILES string of the molecule is O=C(C[NH+]1CCN(c2ccccc2F)CC1)NCCc1ccccc1. The summed E-state index contributed by atoms with van der Waals surface area (Å²) in [7, 11) is 0. The van der Waals surface area contributed by atoms with E-state index in [1.807, 2.05) is 30.3 Å². The highest BCUT2D eigenvalue weighted by atomic mass is 19.1. The highest BCUT2D eigenvalue weighted by Crippen LogP contribution is 2.17. The average Bonchev–Trinajstić information content (AvgIpc) is 2.64. The van der Waals surface area contributed by atoms with Gasteiger partial charge in [-0.05, 0) is 24.1 Å². The third-order valence-corrected chi connectivity index (χ3v) is 4.65. The second kappa shape index (κ2) is 8.62. The molecule has 1 amide bonds. The van der Waals surface area contributed by atoms with Gasteiger partial charge in [-0.1, -0.05) is 42.5 Å². The number of rotatable bonds is 6. The molecular weight excluding hydrogens is 317 g/mol. The van der Waals surface area contributed by atoms with Gasteiger partial charge in [0.15, 0.2) is 6.54 Å². The van der Waals surface area contributed by atoms with Crippen LogP contribution in [0.4, 0.5) is 10.1 Å². The van der Waals surface area contributed by atoms with Crippen LogP contribution in [0.25, 0.3) is 0 Å². The van der Waals surface area contributed by atoms with Gasteiger partial charge in [0.25, 0.3) is 5.91 Å². The van der Waals surface area contributed by atoms with Crippen LogP contribution in [0, 0.1) is 5.82 Å². The Bertz CT molecular complexity index is 684. The van der Waals surface area contributed by atoms with Gasteiger partial charge in [0.05, 0.1) is 31.9 Å². The topological polar surface area (TPSA) is 36.8 Å². The quantitative estimate of drug-likeness (QED) is 0.818. The van der Waals surface area contributed by atoms with Gasteiger partial charge in [0.1, 0.15) is 5.82 Å². The first-order chi connectivity index (χ1) is 12.2. The molecule has 2 aromatic rings. The lowest BCUT2D eigenvalue weighted by Gasteiger charge is -2.33. The molecule has 0 aliphatic carbocycles. The normalized spacial score (nSPS) is 15.2. The molecule has 1 aliphatic rings. The van der Waals surface area contributed by atoms with E-state index < -0.39 is 0 Å². The number of hydrogen-bond donors (Lipinski definition) is 2. The Morgan fingerprint density at radius 1 is 1.04 bits per heavy atom. The van der Waals surface area contributed by atoms with E-state index in [1.54, 1.807) is 6.07 Å². The molecule has 0 spiro atoms. The maximum atomic E-state index is 13.8. The molecule has 5 heteroatoms. The number of nitrogens with one attached hydrogen (secondary N) is 2. The Morgan fingerprint density at radius 3 is 2.44 bits per heavy atom. The van der Waals surface area contributed by atoms with Crippen molar-refractivity contribution in [3.05, 3.63) is 66.0 Å². The van der Waals surface area contributed by atoms with Gasteiger partial charge in [0.2, 0.25) is 0 Å².